The number of amides is 1. The number of anilines is 1. The van der Waals surface area contributed by atoms with Crippen LogP contribution in [0.5, 0.6) is 0 Å². The van der Waals surface area contributed by atoms with Gasteiger partial charge in [0.25, 0.3) is 0 Å². The number of nitrogens with zero attached hydrogens (tertiary/aromatic N) is 1. The summed E-state index contributed by atoms with van der Waals surface area (Å²) in [6, 6.07) is 16.8. The molecule has 2 aromatic carbocycles. The third-order valence-electron chi connectivity index (χ3n) is 4.77. The van der Waals surface area contributed by atoms with Gasteiger partial charge in [0.2, 0.25) is 5.91 Å². The molecule has 0 heterocycles. The van der Waals surface area contributed by atoms with Crippen molar-refractivity contribution in [1.29, 1.82) is 0 Å². The van der Waals surface area contributed by atoms with Gasteiger partial charge in [-0.2, -0.15) is 0 Å². The van der Waals surface area contributed by atoms with Gasteiger partial charge in [-0.05, 0) is 48.9 Å². The minimum atomic E-state index is 0.134. The molecule has 0 fully saturated rings. The van der Waals surface area contributed by atoms with Gasteiger partial charge in [-0.1, -0.05) is 42.5 Å². The summed E-state index contributed by atoms with van der Waals surface area (Å²) in [5, 5.41) is 3.27. The van der Waals surface area contributed by atoms with Gasteiger partial charge in [0.05, 0.1) is 12.6 Å². The maximum Gasteiger partial charge on any atom is 0.242 e. The van der Waals surface area contributed by atoms with E-state index >= 15 is 0 Å². The number of fused-ring (bicyclic) bond motifs is 1. The molecule has 1 atom stereocenters. The van der Waals surface area contributed by atoms with Crippen LogP contribution in [0.25, 0.3) is 0 Å². The molecule has 3 heteroatoms. The number of para-hydroxylation sites is 1. The number of carbonyl (C=O) groups is 1. The van der Waals surface area contributed by atoms with E-state index in [4.69, 9.17) is 0 Å². The fraction of sp³-hybridized carbons (Fsp3) is 0.350. The Labute approximate surface area is 138 Å². The summed E-state index contributed by atoms with van der Waals surface area (Å²) < 4.78 is 0. The van der Waals surface area contributed by atoms with Crippen molar-refractivity contribution in [2.75, 3.05) is 18.9 Å². The van der Waals surface area contributed by atoms with Crippen molar-refractivity contribution in [3.8, 4) is 0 Å². The van der Waals surface area contributed by atoms with Crippen molar-refractivity contribution in [2.24, 2.45) is 0 Å². The SMILES string of the molecule is Cc1ccccc1NCC(=O)N(C)C1CCCc2ccccc21. The van der Waals surface area contributed by atoms with Crippen LogP contribution in [0.1, 0.15) is 35.6 Å². The Morgan fingerprint density at radius 1 is 1.17 bits per heavy atom. The first-order chi connectivity index (χ1) is 11.2. The fourth-order valence-corrected chi connectivity index (χ4v) is 3.37. The quantitative estimate of drug-likeness (QED) is 0.928. The minimum Gasteiger partial charge on any atom is -0.376 e. The molecule has 3 nitrogen and oxygen atoms in total. The van der Waals surface area contributed by atoms with E-state index in [1.165, 1.54) is 11.1 Å². The molecule has 1 N–H and O–H groups in total. The van der Waals surface area contributed by atoms with Crippen LogP contribution in [-0.2, 0) is 11.2 Å². The monoisotopic (exact) mass is 308 g/mol. The molecule has 3 rings (SSSR count). The lowest BCUT2D eigenvalue weighted by Crippen LogP contribution is -2.37. The molecule has 0 radical (unpaired) electrons. The van der Waals surface area contributed by atoms with E-state index in [9.17, 15) is 4.79 Å². The zero-order chi connectivity index (χ0) is 16.2. The molecular formula is C20H24N2O. The number of aryl methyl sites for hydroxylation is 2. The fourth-order valence-electron chi connectivity index (χ4n) is 3.37. The number of rotatable bonds is 4. The van der Waals surface area contributed by atoms with Gasteiger partial charge in [0.1, 0.15) is 0 Å². The van der Waals surface area contributed by atoms with Gasteiger partial charge in [0, 0.05) is 12.7 Å². The maximum atomic E-state index is 12.6. The second kappa shape index (κ2) is 6.86. The topological polar surface area (TPSA) is 32.3 Å². The highest BCUT2D eigenvalue weighted by atomic mass is 16.2. The van der Waals surface area contributed by atoms with Crippen LogP contribution in [0.2, 0.25) is 0 Å². The van der Waals surface area contributed by atoms with Crippen LogP contribution in [-0.4, -0.2) is 24.4 Å². The summed E-state index contributed by atoms with van der Waals surface area (Å²) in [5.41, 5.74) is 4.88. The number of hydrogen-bond donors (Lipinski definition) is 1. The summed E-state index contributed by atoms with van der Waals surface area (Å²) in [7, 11) is 1.93. The lowest BCUT2D eigenvalue weighted by molar-refractivity contribution is -0.130. The van der Waals surface area contributed by atoms with E-state index in [-0.39, 0.29) is 11.9 Å². The molecule has 1 amide bonds. The second-order valence-electron chi connectivity index (χ2n) is 6.28. The maximum absolute atomic E-state index is 12.6. The third-order valence-corrected chi connectivity index (χ3v) is 4.77. The third kappa shape index (κ3) is 3.39. The van der Waals surface area contributed by atoms with Crippen LogP contribution in [0, 0.1) is 6.92 Å². The molecule has 120 valence electrons. The molecule has 23 heavy (non-hydrogen) atoms. The molecule has 0 aliphatic heterocycles. The Hall–Kier alpha value is -2.29. The van der Waals surface area contributed by atoms with Gasteiger partial charge in [-0.3, -0.25) is 4.79 Å². The zero-order valence-corrected chi connectivity index (χ0v) is 13.9. The summed E-state index contributed by atoms with van der Waals surface area (Å²) in [5.74, 6) is 0.134. The zero-order valence-electron chi connectivity index (χ0n) is 13.9. The highest BCUT2D eigenvalue weighted by Crippen LogP contribution is 2.33. The minimum absolute atomic E-state index is 0.134. The van der Waals surface area contributed by atoms with E-state index in [1.807, 2.05) is 43.1 Å². The summed E-state index contributed by atoms with van der Waals surface area (Å²) in [4.78, 5) is 14.5. The molecule has 0 aromatic heterocycles. The van der Waals surface area contributed by atoms with Crippen LogP contribution in [0.15, 0.2) is 48.5 Å². The van der Waals surface area contributed by atoms with Gasteiger partial charge in [-0.25, -0.2) is 0 Å². The van der Waals surface area contributed by atoms with Crippen molar-refractivity contribution in [3.05, 3.63) is 65.2 Å². The number of nitrogens with one attached hydrogen (secondary N) is 1. The Kier molecular flexibility index (Phi) is 4.65. The van der Waals surface area contributed by atoms with Crippen molar-refractivity contribution in [2.45, 2.75) is 32.2 Å². The molecule has 1 aliphatic rings. The molecule has 0 spiro atoms. The Balaban J connectivity index is 1.68. The average molecular weight is 308 g/mol. The van der Waals surface area contributed by atoms with Gasteiger partial charge in [0.15, 0.2) is 0 Å². The van der Waals surface area contributed by atoms with Crippen molar-refractivity contribution < 1.29 is 4.79 Å². The summed E-state index contributed by atoms with van der Waals surface area (Å²) in [6.45, 7) is 2.38. The molecule has 1 unspecified atom stereocenters. The molecule has 0 saturated heterocycles. The van der Waals surface area contributed by atoms with Gasteiger partial charge >= 0.3 is 0 Å². The van der Waals surface area contributed by atoms with E-state index in [0.717, 1.165) is 30.5 Å². The largest absolute Gasteiger partial charge is 0.376 e. The number of carbonyl (C=O) groups excluding carboxylic acids is 1. The molecule has 1 aliphatic carbocycles. The summed E-state index contributed by atoms with van der Waals surface area (Å²) in [6.07, 6.45) is 3.31. The lowest BCUT2D eigenvalue weighted by atomic mass is 9.87. The van der Waals surface area contributed by atoms with Crippen molar-refractivity contribution in [1.82, 2.24) is 4.90 Å². The molecular weight excluding hydrogens is 284 g/mol. The van der Waals surface area contributed by atoms with E-state index < -0.39 is 0 Å². The second-order valence-corrected chi connectivity index (χ2v) is 6.28. The van der Waals surface area contributed by atoms with Gasteiger partial charge < -0.3 is 10.2 Å². The Morgan fingerprint density at radius 3 is 2.74 bits per heavy atom. The molecule has 0 bridgehead atoms. The first kappa shape index (κ1) is 15.6. The Morgan fingerprint density at radius 2 is 1.91 bits per heavy atom. The average Bonchev–Trinajstić information content (AvgIpc) is 2.59. The normalized spacial score (nSPS) is 16.5. The first-order valence-electron chi connectivity index (χ1n) is 8.30. The van der Waals surface area contributed by atoms with Crippen LogP contribution >= 0.6 is 0 Å². The standard InChI is InChI=1S/C20H24N2O/c1-15-8-3-6-12-18(15)21-14-20(23)22(2)19-13-7-10-16-9-4-5-11-17(16)19/h3-6,8-9,11-12,19,21H,7,10,13-14H2,1-2H3. The van der Waals surface area contributed by atoms with Gasteiger partial charge in [-0.15, -0.1) is 0 Å². The van der Waals surface area contributed by atoms with Crippen LogP contribution in [0.3, 0.4) is 0 Å². The van der Waals surface area contributed by atoms with Crippen molar-refractivity contribution in [3.63, 3.8) is 0 Å². The number of likely N-dealkylation sites (N-methyl/N-ethyl adjacent to an activating group) is 1. The predicted octanol–water partition coefficient (Wildman–Crippen LogP) is 3.94. The van der Waals surface area contributed by atoms with Crippen LogP contribution in [0.4, 0.5) is 5.69 Å². The highest BCUT2D eigenvalue weighted by molar-refractivity contribution is 5.81. The lowest BCUT2D eigenvalue weighted by Gasteiger charge is -2.33. The highest BCUT2D eigenvalue weighted by Gasteiger charge is 2.26. The van der Waals surface area contributed by atoms with E-state index in [1.54, 1.807) is 0 Å². The molecule has 2 aromatic rings. The number of hydrogen-bond acceptors (Lipinski definition) is 2. The molecule has 0 saturated carbocycles. The van der Waals surface area contributed by atoms with Crippen LogP contribution < -0.4 is 5.32 Å². The first-order valence-corrected chi connectivity index (χ1v) is 8.30. The Bertz CT molecular complexity index is 696. The predicted molar refractivity (Wildman–Crippen MR) is 94.6 cm³/mol. The van der Waals surface area contributed by atoms with E-state index in [0.29, 0.717) is 6.54 Å². The van der Waals surface area contributed by atoms with E-state index in [2.05, 4.69) is 29.6 Å². The number of benzene rings is 2. The van der Waals surface area contributed by atoms with Crippen molar-refractivity contribution >= 4 is 11.6 Å². The smallest absolute Gasteiger partial charge is 0.242 e. The summed E-state index contributed by atoms with van der Waals surface area (Å²) >= 11 is 0.